The van der Waals surface area contributed by atoms with Crippen LogP contribution in [0, 0.1) is 0 Å². The molecule has 0 aliphatic heterocycles. The Morgan fingerprint density at radius 3 is 2.62 bits per heavy atom. The number of thiocarbonyl (C=S) groups is 1. The van der Waals surface area contributed by atoms with Crippen LogP contribution < -0.4 is 5.73 Å². The first-order valence-electron chi connectivity index (χ1n) is 5.32. The van der Waals surface area contributed by atoms with Gasteiger partial charge in [0.2, 0.25) is 5.91 Å². The smallest absolute Gasteiger partial charge is 0.242 e. The van der Waals surface area contributed by atoms with E-state index in [4.69, 9.17) is 18.0 Å². The van der Waals surface area contributed by atoms with E-state index in [2.05, 4.69) is 0 Å². The van der Waals surface area contributed by atoms with E-state index >= 15 is 0 Å². The highest BCUT2D eigenvalue weighted by Gasteiger charge is 2.12. The van der Waals surface area contributed by atoms with Crippen molar-refractivity contribution in [3.8, 4) is 0 Å². The summed E-state index contributed by atoms with van der Waals surface area (Å²) in [6, 6.07) is 3.65. The Morgan fingerprint density at radius 2 is 2.12 bits per heavy atom. The highest BCUT2D eigenvalue weighted by atomic mass is 32.1. The summed E-state index contributed by atoms with van der Waals surface area (Å²) in [5.41, 5.74) is 6.29. The maximum atomic E-state index is 11.9. The molecule has 0 fully saturated rings. The van der Waals surface area contributed by atoms with Crippen molar-refractivity contribution >= 4 is 23.1 Å². The van der Waals surface area contributed by atoms with Crippen LogP contribution in [-0.4, -0.2) is 33.5 Å². The third-order valence-corrected chi connectivity index (χ3v) is 2.71. The lowest BCUT2D eigenvalue weighted by Crippen LogP contribution is -2.34. The number of rotatable bonds is 5. The minimum Gasteiger partial charge on any atom is -0.388 e. The largest absolute Gasteiger partial charge is 0.388 e. The maximum Gasteiger partial charge on any atom is 0.242 e. The highest BCUT2D eigenvalue weighted by molar-refractivity contribution is 7.80. The minimum atomic E-state index is 0.0821. The number of aromatic nitrogens is 1. The van der Waals surface area contributed by atoms with E-state index in [9.17, 15) is 4.79 Å². The van der Waals surface area contributed by atoms with Gasteiger partial charge in [-0.3, -0.25) is 4.79 Å². The Hall–Kier alpha value is -1.36. The summed E-state index contributed by atoms with van der Waals surface area (Å²) in [6.07, 6.45) is 1.82. The molecule has 2 N–H and O–H groups in total. The molecule has 0 bridgehead atoms. The summed E-state index contributed by atoms with van der Waals surface area (Å²) in [6.45, 7) is 5.66. The average Bonchev–Trinajstić information content (AvgIpc) is 2.67. The molecule has 0 aliphatic rings. The van der Waals surface area contributed by atoms with Crippen molar-refractivity contribution < 1.29 is 4.79 Å². The second-order valence-electron chi connectivity index (χ2n) is 3.45. The molecule has 0 radical (unpaired) electrons. The van der Waals surface area contributed by atoms with E-state index in [-0.39, 0.29) is 5.91 Å². The van der Waals surface area contributed by atoms with Crippen LogP contribution in [-0.2, 0) is 11.3 Å². The van der Waals surface area contributed by atoms with Crippen LogP contribution in [0.3, 0.4) is 0 Å². The minimum absolute atomic E-state index is 0.0821. The third kappa shape index (κ3) is 2.82. The molecule has 1 heterocycles. The third-order valence-electron chi connectivity index (χ3n) is 2.50. The number of hydrogen-bond acceptors (Lipinski definition) is 2. The van der Waals surface area contributed by atoms with Crippen LogP contribution in [0.15, 0.2) is 18.3 Å². The van der Waals surface area contributed by atoms with Crippen molar-refractivity contribution in [2.45, 2.75) is 20.4 Å². The molecule has 1 aromatic heterocycles. The van der Waals surface area contributed by atoms with Crippen molar-refractivity contribution in [3.05, 3.63) is 24.0 Å². The Balaban J connectivity index is 2.76. The van der Waals surface area contributed by atoms with Crippen LogP contribution in [0.25, 0.3) is 0 Å². The molecular formula is C11H17N3OS. The van der Waals surface area contributed by atoms with Gasteiger partial charge in [-0.1, -0.05) is 12.2 Å². The fraction of sp³-hybridized carbons (Fsp3) is 0.455. The van der Waals surface area contributed by atoms with Crippen molar-refractivity contribution in [1.29, 1.82) is 0 Å². The molecule has 5 heteroatoms. The summed E-state index contributed by atoms with van der Waals surface area (Å²) in [7, 11) is 0. The lowest BCUT2D eigenvalue weighted by molar-refractivity contribution is -0.131. The number of carbonyl (C=O) groups is 1. The van der Waals surface area contributed by atoms with E-state index < -0.39 is 0 Å². The zero-order chi connectivity index (χ0) is 12.1. The van der Waals surface area contributed by atoms with Gasteiger partial charge in [0.25, 0.3) is 0 Å². The fourth-order valence-electron chi connectivity index (χ4n) is 1.60. The Bertz CT molecular complexity index is 382. The zero-order valence-electron chi connectivity index (χ0n) is 9.64. The van der Waals surface area contributed by atoms with Gasteiger partial charge in [-0.25, -0.2) is 0 Å². The molecule has 0 unspecified atom stereocenters. The predicted octanol–water partition coefficient (Wildman–Crippen LogP) is 0.991. The summed E-state index contributed by atoms with van der Waals surface area (Å²) in [5.74, 6) is 0.0821. The van der Waals surface area contributed by atoms with Gasteiger partial charge in [0.1, 0.15) is 11.5 Å². The number of hydrogen-bond donors (Lipinski definition) is 1. The average molecular weight is 239 g/mol. The molecule has 16 heavy (non-hydrogen) atoms. The lowest BCUT2D eigenvalue weighted by atomic mass is 10.4. The van der Waals surface area contributed by atoms with Gasteiger partial charge in [-0.2, -0.15) is 0 Å². The van der Waals surface area contributed by atoms with Crippen molar-refractivity contribution in [2.24, 2.45) is 5.73 Å². The Morgan fingerprint density at radius 1 is 1.50 bits per heavy atom. The monoisotopic (exact) mass is 239 g/mol. The first-order valence-corrected chi connectivity index (χ1v) is 5.73. The first kappa shape index (κ1) is 12.7. The fourth-order valence-corrected chi connectivity index (χ4v) is 1.78. The summed E-state index contributed by atoms with van der Waals surface area (Å²) in [4.78, 5) is 14.0. The van der Waals surface area contributed by atoms with E-state index in [1.165, 1.54) is 0 Å². The molecule has 0 spiro atoms. The van der Waals surface area contributed by atoms with Crippen LogP contribution in [0.1, 0.15) is 19.5 Å². The van der Waals surface area contributed by atoms with Gasteiger partial charge < -0.3 is 15.2 Å². The number of nitrogens with zero attached hydrogens (tertiary/aromatic N) is 2. The van der Waals surface area contributed by atoms with Crippen LogP contribution in [0.2, 0.25) is 0 Å². The number of nitrogens with two attached hydrogens (primary N) is 1. The van der Waals surface area contributed by atoms with Gasteiger partial charge >= 0.3 is 0 Å². The van der Waals surface area contributed by atoms with E-state index in [0.29, 0.717) is 11.5 Å². The second kappa shape index (κ2) is 5.65. The van der Waals surface area contributed by atoms with Crippen LogP contribution in [0.5, 0.6) is 0 Å². The standard InChI is InChI=1S/C11H17N3OS/c1-3-13(4-2)10(15)8-14-7-5-6-9(14)11(12)16/h5-7H,3-4,8H2,1-2H3,(H2,12,16). The molecule has 0 saturated carbocycles. The molecule has 1 rings (SSSR count). The maximum absolute atomic E-state index is 11.9. The van der Waals surface area contributed by atoms with E-state index in [1.807, 2.05) is 32.2 Å². The Kier molecular flexibility index (Phi) is 4.49. The zero-order valence-corrected chi connectivity index (χ0v) is 10.5. The predicted molar refractivity (Wildman–Crippen MR) is 68.2 cm³/mol. The molecule has 0 aliphatic carbocycles. The van der Waals surface area contributed by atoms with Crippen molar-refractivity contribution in [2.75, 3.05) is 13.1 Å². The number of likely N-dealkylation sites (N-methyl/N-ethyl adjacent to an activating group) is 1. The van der Waals surface area contributed by atoms with Crippen molar-refractivity contribution in [3.63, 3.8) is 0 Å². The second-order valence-corrected chi connectivity index (χ2v) is 3.89. The molecule has 88 valence electrons. The lowest BCUT2D eigenvalue weighted by Gasteiger charge is -2.19. The van der Waals surface area contributed by atoms with Crippen LogP contribution in [0.4, 0.5) is 0 Å². The molecule has 1 aromatic rings. The molecular weight excluding hydrogens is 222 g/mol. The molecule has 0 saturated heterocycles. The Labute approximate surface area is 101 Å². The van der Waals surface area contributed by atoms with E-state index in [0.717, 1.165) is 18.8 Å². The summed E-state index contributed by atoms with van der Waals surface area (Å²) < 4.78 is 1.78. The van der Waals surface area contributed by atoms with Gasteiger partial charge in [0, 0.05) is 19.3 Å². The topological polar surface area (TPSA) is 51.3 Å². The number of carbonyl (C=O) groups excluding carboxylic acids is 1. The van der Waals surface area contributed by atoms with Gasteiger partial charge in [-0.05, 0) is 26.0 Å². The molecule has 1 amide bonds. The summed E-state index contributed by atoms with van der Waals surface area (Å²) in [5, 5.41) is 0. The number of amides is 1. The summed E-state index contributed by atoms with van der Waals surface area (Å²) >= 11 is 4.91. The van der Waals surface area contributed by atoms with Gasteiger partial charge in [0.15, 0.2) is 0 Å². The van der Waals surface area contributed by atoms with Crippen molar-refractivity contribution in [1.82, 2.24) is 9.47 Å². The SMILES string of the molecule is CCN(CC)C(=O)Cn1cccc1C(N)=S. The molecule has 0 atom stereocenters. The molecule has 0 aromatic carbocycles. The highest BCUT2D eigenvalue weighted by Crippen LogP contribution is 2.03. The van der Waals surface area contributed by atoms with E-state index in [1.54, 1.807) is 9.47 Å². The first-order chi connectivity index (χ1) is 7.60. The van der Waals surface area contributed by atoms with Gasteiger partial charge in [-0.15, -0.1) is 0 Å². The van der Waals surface area contributed by atoms with Crippen LogP contribution >= 0.6 is 12.2 Å². The molecule has 4 nitrogen and oxygen atoms in total. The quantitative estimate of drug-likeness (QED) is 0.780. The van der Waals surface area contributed by atoms with Gasteiger partial charge in [0.05, 0.1) is 5.69 Å². The normalized spacial score (nSPS) is 10.1.